The molecule has 9 heteroatoms. The van der Waals surface area contributed by atoms with E-state index in [-0.39, 0.29) is 29.5 Å². The molecule has 1 fully saturated rings. The van der Waals surface area contributed by atoms with Crippen LogP contribution in [-0.4, -0.2) is 60.7 Å². The Bertz CT molecular complexity index is 841. The number of ether oxygens (including phenoxy) is 2. The number of fused-ring (bicyclic) bond motifs is 1. The minimum atomic E-state index is -1.16. The highest BCUT2D eigenvalue weighted by Crippen LogP contribution is 2.27. The Hall–Kier alpha value is -2.84. The molecule has 0 unspecified atom stereocenters. The number of carboxylic acids is 1. The highest BCUT2D eigenvalue weighted by Gasteiger charge is 2.37. The van der Waals surface area contributed by atoms with Crippen molar-refractivity contribution in [1.29, 1.82) is 0 Å². The number of hydrogen-bond acceptors (Lipinski definition) is 6. The van der Waals surface area contributed by atoms with E-state index in [4.69, 9.17) is 9.47 Å². The maximum absolute atomic E-state index is 12.3. The van der Waals surface area contributed by atoms with Gasteiger partial charge in [-0.1, -0.05) is 0 Å². The molecule has 1 aliphatic heterocycles. The van der Waals surface area contributed by atoms with Gasteiger partial charge in [-0.05, 0) is 33.8 Å². The first-order chi connectivity index (χ1) is 12.2. The molecule has 1 N–H and O–H groups in total. The average molecular weight is 362 g/mol. The van der Waals surface area contributed by atoms with Gasteiger partial charge in [0.2, 0.25) is 11.7 Å². The largest absolute Gasteiger partial charge is 0.476 e. The average Bonchev–Trinajstić information content (AvgIpc) is 3.05. The van der Waals surface area contributed by atoms with E-state index in [9.17, 15) is 14.7 Å². The Morgan fingerprint density at radius 3 is 2.73 bits per heavy atom. The van der Waals surface area contributed by atoms with Gasteiger partial charge in [-0.2, -0.15) is 4.98 Å². The van der Waals surface area contributed by atoms with E-state index in [1.165, 1.54) is 10.6 Å². The topological polar surface area (TPSA) is 106 Å². The van der Waals surface area contributed by atoms with E-state index in [0.717, 1.165) is 0 Å². The summed E-state index contributed by atoms with van der Waals surface area (Å²) in [5, 5.41) is 9.49. The molecule has 140 valence electrons. The molecule has 0 radical (unpaired) electrons. The van der Waals surface area contributed by atoms with Crippen molar-refractivity contribution >= 4 is 17.8 Å². The van der Waals surface area contributed by atoms with Crippen molar-refractivity contribution in [2.45, 2.75) is 51.9 Å². The van der Waals surface area contributed by atoms with Crippen LogP contribution >= 0.6 is 0 Å². The van der Waals surface area contributed by atoms with Crippen LogP contribution in [0, 0.1) is 0 Å². The second-order valence-electron chi connectivity index (χ2n) is 7.32. The fourth-order valence-electron chi connectivity index (χ4n) is 2.94. The van der Waals surface area contributed by atoms with Crippen molar-refractivity contribution < 1.29 is 24.2 Å². The first-order valence-electron chi connectivity index (χ1n) is 8.38. The number of aromatic nitrogens is 3. The monoisotopic (exact) mass is 362 g/mol. The summed E-state index contributed by atoms with van der Waals surface area (Å²) in [5.41, 5.74) is -0.670. The van der Waals surface area contributed by atoms with Crippen LogP contribution in [0.2, 0.25) is 0 Å². The summed E-state index contributed by atoms with van der Waals surface area (Å²) in [7, 11) is 0. The van der Waals surface area contributed by atoms with E-state index in [0.29, 0.717) is 13.0 Å². The number of rotatable bonds is 3. The summed E-state index contributed by atoms with van der Waals surface area (Å²) in [6.07, 6.45) is 2.86. The fourth-order valence-corrected chi connectivity index (χ4v) is 2.94. The lowest BCUT2D eigenvalue weighted by Gasteiger charge is -2.26. The summed E-state index contributed by atoms with van der Waals surface area (Å²) in [6.45, 7) is 7.63. The van der Waals surface area contributed by atoms with Gasteiger partial charge in [0.25, 0.3) is 0 Å². The first kappa shape index (κ1) is 18.0. The molecule has 0 bridgehead atoms. The van der Waals surface area contributed by atoms with Crippen LogP contribution in [0.15, 0.2) is 18.5 Å². The number of carbonyl (C=O) groups is 2. The van der Waals surface area contributed by atoms with Crippen molar-refractivity contribution in [1.82, 2.24) is 19.3 Å². The number of hydrogen-bond donors (Lipinski definition) is 1. The highest BCUT2D eigenvalue weighted by molar-refractivity contribution is 5.89. The Labute approximate surface area is 150 Å². The quantitative estimate of drug-likeness (QED) is 0.892. The number of carbonyl (C=O) groups excluding carboxylic acids is 1. The van der Waals surface area contributed by atoms with Gasteiger partial charge in [-0.25, -0.2) is 14.6 Å². The van der Waals surface area contributed by atoms with Gasteiger partial charge in [-0.3, -0.25) is 4.40 Å². The summed E-state index contributed by atoms with van der Waals surface area (Å²) < 4.78 is 12.6. The van der Waals surface area contributed by atoms with Gasteiger partial charge < -0.3 is 19.5 Å². The third-order valence-corrected chi connectivity index (χ3v) is 4.02. The predicted octanol–water partition coefficient (Wildman–Crippen LogP) is 2.20. The van der Waals surface area contributed by atoms with Crippen LogP contribution in [0.4, 0.5) is 4.79 Å². The van der Waals surface area contributed by atoms with Crippen LogP contribution < -0.4 is 4.74 Å². The summed E-state index contributed by atoms with van der Waals surface area (Å²) in [5.74, 6) is -0.912. The number of imidazole rings is 1. The summed E-state index contributed by atoms with van der Waals surface area (Å²) in [4.78, 5) is 33.7. The molecule has 26 heavy (non-hydrogen) atoms. The van der Waals surface area contributed by atoms with Crippen LogP contribution in [0.3, 0.4) is 0 Å². The van der Waals surface area contributed by atoms with Crippen molar-refractivity contribution in [3.63, 3.8) is 0 Å². The molecule has 3 rings (SSSR count). The van der Waals surface area contributed by atoms with Gasteiger partial charge in [0.1, 0.15) is 11.7 Å². The molecule has 0 saturated carbocycles. The zero-order chi connectivity index (χ0) is 19.1. The van der Waals surface area contributed by atoms with Crippen molar-refractivity contribution in [2.24, 2.45) is 0 Å². The van der Waals surface area contributed by atoms with Crippen molar-refractivity contribution in [3.05, 3.63) is 24.2 Å². The lowest BCUT2D eigenvalue weighted by Crippen LogP contribution is -2.39. The number of likely N-dealkylation sites (tertiary alicyclic amines) is 1. The molecule has 1 saturated heterocycles. The number of carboxylic acid groups (broad SMARTS) is 1. The van der Waals surface area contributed by atoms with Crippen LogP contribution in [0.25, 0.3) is 5.78 Å². The molecule has 0 spiro atoms. The highest BCUT2D eigenvalue weighted by atomic mass is 16.6. The summed E-state index contributed by atoms with van der Waals surface area (Å²) in [6, 6.07) is 1.53. The SMILES string of the molecule is C[C@H]1C[C@@H](Oc2nc3ncccn3c2C(=O)O)CN1C(=O)OC(C)(C)C. The molecule has 3 heterocycles. The number of aromatic carboxylic acids is 1. The molecular weight excluding hydrogens is 340 g/mol. The van der Waals surface area contributed by atoms with Crippen molar-refractivity contribution in [2.75, 3.05) is 6.54 Å². The third-order valence-electron chi connectivity index (χ3n) is 4.02. The van der Waals surface area contributed by atoms with Crippen molar-refractivity contribution in [3.8, 4) is 5.88 Å². The minimum Gasteiger partial charge on any atom is -0.476 e. The normalized spacial score (nSPS) is 20.4. The van der Waals surface area contributed by atoms with E-state index in [1.807, 2.05) is 27.7 Å². The van der Waals surface area contributed by atoms with E-state index < -0.39 is 17.7 Å². The molecule has 2 aromatic rings. The smallest absolute Gasteiger partial charge is 0.410 e. The van der Waals surface area contributed by atoms with Crippen LogP contribution in [0.5, 0.6) is 5.88 Å². The molecule has 2 aromatic heterocycles. The first-order valence-corrected chi connectivity index (χ1v) is 8.38. The molecule has 0 aliphatic carbocycles. The third kappa shape index (κ3) is 3.56. The number of nitrogens with zero attached hydrogens (tertiary/aromatic N) is 4. The predicted molar refractivity (Wildman–Crippen MR) is 91.4 cm³/mol. The standard InChI is InChI=1S/C17H22N4O5/c1-10-8-11(9-21(10)16(24)26-17(2,3)4)25-13-12(14(22)23)20-7-5-6-18-15(20)19-13/h5-7,10-11H,8-9H2,1-4H3,(H,22,23)/t10-,11+/m0/s1. The summed E-state index contributed by atoms with van der Waals surface area (Å²) >= 11 is 0. The van der Waals surface area contributed by atoms with Gasteiger partial charge in [0.15, 0.2) is 5.69 Å². The molecular formula is C17H22N4O5. The second-order valence-corrected chi connectivity index (χ2v) is 7.32. The van der Waals surface area contributed by atoms with Gasteiger partial charge >= 0.3 is 12.1 Å². The van der Waals surface area contributed by atoms with E-state index >= 15 is 0 Å². The fraction of sp³-hybridized carbons (Fsp3) is 0.529. The second kappa shape index (κ2) is 6.47. The molecule has 1 amide bonds. The lowest BCUT2D eigenvalue weighted by atomic mass is 10.2. The number of amides is 1. The van der Waals surface area contributed by atoms with Gasteiger partial charge in [0, 0.05) is 24.9 Å². The Balaban J connectivity index is 1.78. The maximum atomic E-state index is 12.3. The van der Waals surface area contributed by atoms with E-state index in [2.05, 4.69) is 9.97 Å². The Morgan fingerprint density at radius 1 is 1.35 bits per heavy atom. The van der Waals surface area contributed by atoms with Gasteiger partial charge in [-0.15, -0.1) is 0 Å². The molecule has 1 aliphatic rings. The Morgan fingerprint density at radius 2 is 2.08 bits per heavy atom. The molecule has 0 aromatic carbocycles. The Kier molecular flexibility index (Phi) is 4.47. The van der Waals surface area contributed by atoms with Crippen LogP contribution in [-0.2, 0) is 4.74 Å². The van der Waals surface area contributed by atoms with E-state index in [1.54, 1.807) is 17.2 Å². The maximum Gasteiger partial charge on any atom is 0.410 e. The zero-order valence-corrected chi connectivity index (χ0v) is 15.2. The van der Waals surface area contributed by atoms with Crippen LogP contribution in [0.1, 0.15) is 44.6 Å². The molecule has 2 atom stereocenters. The lowest BCUT2D eigenvalue weighted by molar-refractivity contribution is 0.0222. The minimum absolute atomic E-state index is 0.000520. The zero-order valence-electron chi connectivity index (χ0n) is 15.2. The van der Waals surface area contributed by atoms with Gasteiger partial charge in [0.05, 0.1) is 6.54 Å². The molecule has 9 nitrogen and oxygen atoms in total.